The van der Waals surface area contributed by atoms with Crippen LogP contribution < -0.4 is 15.0 Å². The minimum Gasteiger partial charge on any atom is -0.491 e. The number of carbonyl (C=O) groups is 1. The van der Waals surface area contributed by atoms with Gasteiger partial charge < -0.3 is 19.7 Å². The maximum absolute atomic E-state index is 13.1. The van der Waals surface area contributed by atoms with Crippen LogP contribution in [0.1, 0.15) is 38.1 Å². The van der Waals surface area contributed by atoms with Gasteiger partial charge in [0.2, 0.25) is 10.0 Å². The molecule has 33 heavy (non-hydrogen) atoms. The summed E-state index contributed by atoms with van der Waals surface area (Å²) in [6.07, 6.45) is 0.0382. The van der Waals surface area contributed by atoms with Gasteiger partial charge in [0.15, 0.2) is 0 Å². The quantitative estimate of drug-likeness (QED) is 0.596. The summed E-state index contributed by atoms with van der Waals surface area (Å²) in [5.41, 5.74) is 1.68. The van der Waals surface area contributed by atoms with E-state index >= 15 is 0 Å². The molecule has 0 radical (unpaired) electrons. The van der Waals surface area contributed by atoms with Crippen LogP contribution in [-0.4, -0.2) is 64.1 Å². The second-order valence-electron chi connectivity index (χ2n) is 8.01. The SMILES string of the molecule is CCN(CC)S(=O)(=O)c1ccc(N2CCOCC2)c(NC(=O)c2ccc(OC(C)C)cc2)c1. The minimum absolute atomic E-state index is 0.0382. The van der Waals surface area contributed by atoms with Crippen molar-refractivity contribution in [3.63, 3.8) is 0 Å². The van der Waals surface area contributed by atoms with E-state index in [0.717, 1.165) is 5.69 Å². The summed E-state index contributed by atoms with van der Waals surface area (Å²) in [6, 6.07) is 11.8. The number of sulfonamides is 1. The van der Waals surface area contributed by atoms with E-state index in [4.69, 9.17) is 9.47 Å². The fourth-order valence-corrected chi connectivity index (χ4v) is 5.20. The van der Waals surface area contributed by atoms with Crippen molar-refractivity contribution < 1.29 is 22.7 Å². The first kappa shape index (κ1) is 25.0. The molecule has 0 aromatic heterocycles. The van der Waals surface area contributed by atoms with Gasteiger partial charge in [-0.2, -0.15) is 4.31 Å². The van der Waals surface area contributed by atoms with Crippen molar-refractivity contribution in [1.29, 1.82) is 0 Å². The van der Waals surface area contributed by atoms with Crippen LogP contribution in [-0.2, 0) is 14.8 Å². The molecule has 0 atom stereocenters. The minimum atomic E-state index is -3.67. The Kier molecular flexibility index (Phi) is 8.34. The molecule has 1 saturated heterocycles. The molecule has 0 spiro atoms. The molecule has 1 N–H and O–H groups in total. The number of carbonyl (C=O) groups excluding carboxylic acids is 1. The zero-order valence-electron chi connectivity index (χ0n) is 19.7. The van der Waals surface area contributed by atoms with Crippen molar-refractivity contribution in [2.75, 3.05) is 49.6 Å². The van der Waals surface area contributed by atoms with Crippen molar-refractivity contribution in [1.82, 2.24) is 4.31 Å². The maximum atomic E-state index is 13.1. The number of rotatable bonds is 9. The van der Waals surface area contributed by atoms with Gasteiger partial charge in [0.25, 0.3) is 5.91 Å². The first-order valence-corrected chi connectivity index (χ1v) is 12.7. The number of anilines is 2. The van der Waals surface area contributed by atoms with Gasteiger partial charge in [0.1, 0.15) is 5.75 Å². The van der Waals surface area contributed by atoms with E-state index in [-0.39, 0.29) is 16.9 Å². The summed E-state index contributed by atoms with van der Waals surface area (Å²) in [6.45, 7) is 10.7. The number of benzene rings is 2. The highest BCUT2D eigenvalue weighted by atomic mass is 32.2. The average molecular weight is 476 g/mol. The van der Waals surface area contributed by atoms with Gasteiger partial charge in [-0.05, 0) is 56.3 Å². The van der Waals surface area contributed by atoms with Gasteiger partial charge in [-0.25, -0.2) is 8.42 Å². The molecule has 1 amide bonds. The maximum Gasteiger partial charge on any atom is 0.255 e. The standard InChI is InChI=1S/C24H33N3O5S/c1-5-27(6-2)33(29,30)21-11-12-23(26-13-15-31-16-14-26)22(17-21)25-24(28)19-7-9-20(10-8-19)32-18(3)4/h7-12,17-18H,5-6,13-16H2,1-4H3,(H,25,28). The molecular weight excluding hydrogens is 442 g/mol. The molecule has 0 bridgehead atoms. The first-order valence-electron chi connectivity index (χ1n) is 11.3. The number of hydrogen-bond donors (Lipinski definition) is 1. The molecule has 1 aliphatic rings. The van der Waals surface area contributed by atoms with E-state index < -0.39 is 10.0 Å². The molecule has 8 nitrogen and oxygen atoms in total. The lowest BCUT2D eigenvalue weighted by molar-refractivity contribution is 0.102. The molecule has 2 aromatic carbocycles. The van der Waals surface area contributed by atoms with Gasteiger partial charge in [-0.3, -0.25) is 4.79 Å². The topological polar surface area (TPSA) is 88.2 Å². The second-order valence-corrected chi connectivity index (χ2v) is 9.95. The van der Waals surface area contributed by atoms with E-state index in [2.05, 4.69) is 10.2 Å². The summed E-state index contributed by atoms with van der Waals surface area (Å²) in [5, 5.41) is 2.93. The Balaban J connectivity index is 1.93. The van der Waals surface area contributed by atoms with Gasteiger partial charge in [-0.15, -0.1) is 0 Å². The highest BCUT2D eigenvalue weighted by molar-refractivity contribution is 7.89. The number of amides is 1. The molecule has 0 aliphatic carbocycles. The highest BCUT2D eigenvalue weighted by Crippen LogP contribution is 2.31. The van der Waals surface area contributed by atoms with E-state index in [9.17, 15) is 13.2 Å². The summed E-state index contributed by atoms with van der Waals surface area (Å²) in [7, 11) is -3.67. The Morgan fingerprint density at radius 2 is 1.73 bits per heavy atom. The molecule has 1 heterocycles. The first-order chi connectivity index (χ1) is 15.8. The van der Waals surface area contributed by atoms with Crippen LogP contribution in [0.4, 0.5) is 11.4 Å². The van der Waals surface area contributed by atoms with Crippen LogP contribution in [0.3, 0.4) is 0 Å². The third-order valence-corrected chi connectivity index (χ3v) is 7.45. The monoisotopic (exact) mass is 475 g/mol. The van der Waals surface area contributed by atoms with Crippen LogP contribution in [0.15, 0.2) is 47.4 Å². The van der Waals surface area contributed by atoms with Crippen LogP contribution in [0.25, 0.3) is 0 Å². The molecule has 9 heteroatoms. The van der Waals surface area contributed by atoms with E-state index in [1.807, 2.05) is 13.8 Å². The lowest BCUT2D eigenvalue weighted by atomic mass is 10.1. The number of nitrogens with zero attached hydrogens (tertiary/aromatic N) is 2. The van der Waals surface area contributed by atoms with Gasteiger partial charge in [0.05, 0.1) is 35.6 Å². The molecule has 0 saturated carbocycles. The number of ether oxygens (including phenoxy) is 2. The Hall–Kier alpha value is -2.62. The lowest BCUT2D eigenvalue weighted by Crippen LogP contribution is -2.37. The molecule has 180 valence electrons. The summed E-state index contributed by atoms with van der Waals surface area (Å²) in [5.74, 6) is 0.362. The number of morpholine rings is 1. The largest absolute Gasteiger partial charge is 0.491 e. The van der Waals surface area contributed by atoms with E-state index in [1.165, 1.54) is 4.31 Å². The predicted octanol–water partition coefficient (Wildman–Crippen LogP) is 3.59. The van der Waals surface area contributed by atoms with Crippen molar-refractivity contribution in [3.8, 4) is 5.75 Å². The molecule has 3 rings (SSSR count). The Morgan fingerprint density at radius 3 is 2.30 bits per heavy atom. The fourth-order valence-electron chi connectivity index (χ4n) is 3.72. The predicted molar refractivity (Wildman–Crippen MR) is 130 cm³/mol. The second kappa shape index (κ2) is 11.0. The zero-order chi connectivity index (χ0) is 24.0. The van der Waals surface area contributed by atoms with Gasteiger partial charge in [0, 0.05) is 31.7 Å². The van der Waals surface area contributed by atoms with Gasteiger partial charge in [-0.1, -0.05) is 13.8 Å². The molecular formula is C24H33N3O5S. The smallest absolute Gasteiger partial charge is 0.255 e. The zero-order valence-corrected chi connectivity index (χ0v) is 20.5. The van der Waals surface area contributed by atoms with Gasteiger partial charge >= 0.3 is 0 Å². The van der Waals surface area contributed by atoms with E-state index in [0.29, 0.717) is 56.4 Å². The van der Waals surface area contributed by atoms with Crippen molar-refractivity contribution in [2.45, 2.75) is 38.7 Å². The van der Waals surface area contributed by atoms with E-state index in [1.54, 1.807) is 56.3 Å². The lowest BCUT2D eigenvalue weighted by Gasteiger charge is -2.31. The Bertz CT molecular complexity index is 1040. The average Bonchev–Trinajstić information content (AvgIpc) is 2.80. The molecule has 0 unspecified atom stereocenters. The van der Waals surface area contributed by atoms with Crippen LogP contribution in [0, 0.1) is 0 Å². The van der Waals surface area contributed by atoms with Crippen LogP contribution >= 0.6 is 0 Å². The molecule has 1 aliphatic heterocycles. The summed E-state index contributed by atoms with van der Waals surface area (Å²) >= 11 is 0. The van der Waals surface area contributed by atoms with Crippen molar-refractivity contribution >= 4 is 27.3 Å². The Morgan fingerprint density at radius 1 is 1.09 bits per heavy atom. The summed E-state index contributed by atoms with van der Waals surface area (Å²) in [4.78, 5) is 15.3. The normalized spacial score (nSPS) is 14.5. The van der Waals surface area contributed by atoms with Crippen molar-refractivity contribution in [2.24, 2.45) is 0 Å². The number of nitrogens with one attached hydrogen (secondary N) is 1. The van der Waals surface area contributed by atoms with Crippen molar-refractivity contribution in [3.05, 3.63) is 48.0 Å². The third-order valence-electron chi connectivity index (χ3n) is 5.40. The van der Waals surface area contributed by atoms with Crippen LogP contribution in [0.5, 0.6) is 5.75 Å². The van der Waals surface area contributed by atoms with Crippen LogP contribution in [0.2, 0.25) is 0 Å². The summed E-state index contributed by atoms with van der Waals surface area (Å²) < 4.78 is 38.6. The highest BCUT2D eigenvalue weighted by Gasteiger charge is 2.25. The Labute approximate surface area is 196 Å². The molecule has 1 fully saturated rings. The fraction of sp³-hybridized carbons (Fsp3) is 0.458. The number of hydrogen-bond acceptors (Lipinski definition) is 6. The molecule has 2 aromatic rings. The third kappa shape index (κ3) is 6.04.